The normalized spacial score (nSPS) is 22.5. The van der Waals surface area contributed by atoms with Gasteiger partial charge < -0.3 is 5.73 Å². The molecule has 11 heavy (non-hydrogen) atoms. The summed E-state index contributed by atoms with van der Waals surface area (Å²) in [5, 5.41) is 0. The maximum atomic E-state index is 5.92. The summed E-state index contributed by atoms with van der Waals surface area (Å²) in [5.74, 6) is 3.35. The van der Waals surface area contributed by atoms with Gasteiger partial charge in [0.25, 0.3) is 0 Å². The van der Waals surface area contributed by atoms with Gasteiger partial charge >= 0.3 is 0 Å². The van der Waals surface area contributed by atoms with Crippen molar-refractivity contribution in [3.8, 4) is 12.3 Å². The van der Waals surface area contributed by atoms with E-state index in [-0.39, 0.29) is 6.04 Å². The van der Waals surface area contributed by atoms with Gasteiger partial charge in [-0.3, -0.25) is 0 Å². The molecule has 1 fully saturated rings. The van der Waals surface area contributed by atoms with Crippen molar-refractivity contribution in [2.45, 2.75) is 44.6 Å². The van der Waals surface area contributed by atoms with Crippen LogP contribution in [0.3, 0.4) is 0 Å². The van der Waals surface area contributed by atoms with E-state index in [2.05, 4.69) is 5.92 Å². The first-order valence-electron chi connectivity index (χ1n) is 4.53. The van der Waals surface area contributed by atoms with Gasteiger partial charge in [-0.05, 0) is 18.8 Å². The first-order valence-corrected chi connectivity index (χ1v) is 4.53. The summed E-state index contributed by atoms with van der Waals surface area (Å²) in [7, 11) is 0. The maximum Gasteiger partial charge on any atom is 0.0241 e. The van der Waals surface area contributed by atoms with E-state index in [4.69, 9.17) is 12.2 Å². The van der Waals surface area contributed by atoms with Crippen LogP contribution in [0.5, 0.6) is 0 Å². The van der Waals surface area contributed by atoms with Crippen LogP contribution >= 0.6 is 0 Å². The molecule has 0 aromatic carbocycles. The van der Waals surface area contributed by atoms with Crippen LogP contribution in [0.1, 0.15) is 38.5 Å². The topological polar surface area (TPSA) is 26.0 Å². The smallest absolute Gasteiger partial charge is 0.0241 e. The zero-order valence-electron chi connectivity index (χ0n) is 7.05. The highest BCUT2D eigenvalue weighted by Gasteiger charge is 2.19. The summed E-state index contributed by atoms with van der Waals surface area (Å²) in [6.07, 6.45) is 12.6. The molecular formula is C10H17N. The van der Waals surface area contributed by atoms with Gasteiger partial charge in [-0.25, -0.2) is 0 Å². The van der Waals surface area contributed by atoms with Crippen molar-refractivity contribution in [1.29, 1.82) is 0 Å². The molecule has 0 unspecified atom stereocenters. The number of hydrogen-bond donors (Lipinski definition) is 1. The molecule has 1 saturated carbocycles. The molecule has 1 aliphatic rings. The standard InChI is InChI=1S/C10H17N/c1-2-6-10(11)9-7-4-3-5-8-9/h1,9-10H,3-8,11H2/t10-/m0/s1. The molecule has 1 rings (SSSR count). The lowest BCUT2D eigenvalue weighted by Crippen LogP contribution is -2.30. The van der Waals surface area contributed by atoms with E-state index in [1.807, 2.05) is 0 Å². The van der Waals surface area contributed by atoms with Gasteiger partial charge in [-0.15, -0.1) is 12.3 Å². The minimum atomic E-state index is 0.264. The summed E-state index contributed by atoms with van der Waals surface area (Å²) in [4.78, 5) is 0. The Morgan fingerprint density at radius 3 is 2.55 bits per heavy atom. The molecule has 1 aliphatic carbocycles. The highest BCUT2D eigenvalue weighted by molar-refractivity contribution is 4.91. The fraction of sp³-hybridized carbons (Fsp3) is 0.800. The molecule has 0 aromatic rings. The lowest BCUT2D eigenvalue weighted by atomic mass is 9.83. The average molecular weight is 151 g/mol. The third-order valence-electron chi connectivity index (χ3n) is 2.61. The molecule has 1 heteroatoms. The van der Waals surface area contributed by atoms with Gasteiger partial charge in [0.15, 0.2) is 0 Å². The first kappa shape index (κ1) is 8.62. The average Bonchev–Trinajstić information content (AvgIpc) is 2.07. The minimum absolute atomic E-state index is 0.264. The maximum absolute atomic E-state index is 5.92. The quantitative estimate of drug-likeness (QED) is 0.599. The predicted molar refractivity (Wildman–Crippen MR) is 48.0 cm³/mol. The molecule has 0 bridgehead atoms. The van der Waals surface area contributed by atoms with Crippen molar-refractivity contribution < 1.29 is 0 Å². The fourth-order valence-electron chi connectivity index (χ4n) is 1.87. The van der Waals surface area contributed by atoms with Crippen LogP contribution < -0.4 is 5.73 Å². The molecular weight excluding hydrogens is 134 g/mol. The monoisotopic (exact) mass is 151 g/mol. The Morgan fingerprint density at radius 1 is 1.36 bits per heavy atom. The lowest BCUT2D eigenvalue weighted by Gasteiger charge is -2.26. The number of terminal acetylenes is 1. The van der Waals surface area contributed by atoms with Crippen LogP contribution in [0.15, 0.2) is 0 Å². The molecule has 62 valence electrons. The van der Waals surface area contributed by atoms with E-state index in [0.717, 1.165) is 6.42 Å². The summed E-state index contributed by atoms with van der Waals surface area (Å²) >= 11 is 0. The van der Waals surface area contributed by atoms with Gasteiger partial charge in [0, 0.05) is 12.5 Å². The van der Waals surface area contributed by atoms with Gasteiger partial charge in [-0.2, -0.15) is 0 Å². The van der Waals surface area contributed by atoms with E-state index in [1.165, 1.54) is 32.1 Å². The van der Waals surface area contributed by atoms with Crippen molar-refractivity contribution in [1.82, 2.24) is 0 Å². The molecule has 1 atom stereocenters. The Labute approximate surface area is 69.4 Å². The van der Waals surface area contributed by atoms with E-state index in [1.54, 1.807) is 0 Å². The molecule has 0 radical (unpaired) electrons. The second kappa shape index (κ2) is 4.41. The van der Waals surface area contributed by atoms with Crippen molar-refractivity contribution >= 4 is 0 Å². The lowest BCUT2D eigenvalue weighted by molar-refractivity contribution is 0.307. The highest BCUT2D eigenvalue weighted by atomic mass is 14.6. The summed E-state index contributed by atoms with van der Waals surface area (Å²) in [5.41, 5.74) is 5.92. The van der Waals surface area contributed by atoms with Crippen molar-refractivity contribution in [3.63, 3.8) is 0 Å². The van der Waals surface area contributed by atoms with Gasteiger partial charge in [0.05, 0.1) is 0 Å². The molecule has 0 spiro atoms. The SMILES string of the molecule is C#CC[C@H](N)C1CCCCC1. The molecule has 0 aromatic heterocycles. The molecule has 0 heterocycles. The summed E-state index contributed by atoms with van der Waals surface area (Å²) in [6.45, 7) is 0. The van der Waals surface area contributed by atoms with E-state index in [9.17, 15) is 0 Å². The van der Waals surface area contributed by atoms with Crippen molar-refractivity contribution in [3.05, 3.63) is 0 Å². The number of rotatable bonds is 2. The van der Waals surface area contributed by atoms with Gasteiger partial charge in [0.2, 0.25) is 0 Å². The van der Waals surface area contributed by atoms with Crippen LogP contribution in [0, 0.1) is 18.3 Å². The Hall–Kier alpha value is -0.480. The van der Waals surface area contributed by atoms with Crippen molar-refractivity contribution in [2.24, 2.45) is 11.7 Å². The van der Waals surface area contributed by atoms with E-state index >= 15 is 0 Å². The van der Waals surface area contributed by atoms with E-state index in [0.29, 0.717) is 5.92 Å². The largest absolute Gasteiger partial charge is 0.327 e. The van der Waals surface area contributed by atoms with Crippen LogP contribution in [0.4, 0.5) is 0 Å². The molecule has 1 nitrogen and oxygen atoms in total. The second-order valence-electron chi connectivity index (χ2n) is 3.47. The zero-order chi connectivity index (χ0) is 8.10. The van der Waals surface area contributed by atoms with Crippen LogP contribution in [0.2, 0.25) is 0 Å². The number of hydrogen-bond acceptors (Lipinski definition) is 1. The number of nitrogens with two attached hydrogens (primary N) is 1. The van der Waals surface area contributed by atoms with Gasteiger partial charge in [-0.1, -0.05) is 19.3 Å². The third-order valence-corrected chi connectivity index (χ3v) is 2.61. The third kappa shape index (κ3) is 2.55. The van der Waals surface area contributed by atoms with Crippen LogP contribution in [0.25, 0.3) is 0 Å². The Kier molecular flexibility index (Phi) is 3.45. The minimum Gasteiger partial charge on any atom is -0.327 e. The van der Waals surface area contributed by atoms with E-state index < -0.39 is 0 Å². The Balaban J connectivity index is 2.27. The van der Waals surface area contributed by atoms with Gasteiger partial charge in [0.1, 0.15) is 0 Å². The molecule has 0 saturated heterocycles. The fourth-order valence-corrected chi connectivity index (χ4v) is 1.87. The molecule has 0 amide bonds. The summed E-state index contributed by atoms with van der Waals surface area (Å²) < 4.78 is 0. The van der Waals surface area contributed by atoms with Crippen molar-refractivity contribution in [2.75, 3.05) is 0 Å². The predicted octanol–water partition coefficient (Wildman–Crippen LogP) is 1.92. The van der Waals surface area contributed by atoms with Crippen LogP contribution in [-0.2, 0) is 0 Å². The Morgan fingerprint density at radius 2 is 2.00 bits per heavy atom. The summed E-state index contributed by atoms with van der Waals surface area (Å²) in [6, 6.07) is 0.264. The Bertz CT molecular complexity index is 139. The first-order chi connectivity index (χ1) is 5.34. The second-order valence-corrected chi connectivity index (χ2v) is 3.47. The van der Waals surface area contributed by atoms with Crippen LogP contribution in [-0.4, -0.2) is 6.04 Å². The highest BCUT2D eigenvalue weighted by Crippen LogP contribution is 2.26. The zero-order valence-corrected chi connectivity index (χ0v) is 7.05. The molecule has 2 N–H and O–H groups in total. The molecule has 0 aliphatic heterocycles.